The van der Waals surface area contributed by atoms with Crippen LogP contribution in [0, 0.1) is 0 Å². The van der Waals surface area contributed by atoms with Crippen LogP contribution in [-0.2, 0) is 0 Å². The van der Waals surface area contributed by atoms with Gasteiger partial charge < -0.3 is 24.6 Å². The number of amides is 1. The van der Waals surface area contributed by atoms with Gasteiger partial charge in [-0.05, 0) is 12.1 Å². The minimum atomic E-state index is -0.291. The highest BCUT2D eigenvalue weighted by Gasteiger charge is 2.16. The summed E-state index contributed by atoms with van der Waals surface area (Å²) >= 11 is 0. The number of rotatable bonds is 7. The summed E-state index contributed by atoms with van der Waals surface area (Å²) in [5, 5.41) is 17.9. The lowest BCUT2D eigenvalue weighted by Gasteiger charge is -2.21. The van der Waals surface area contributed by atoms with E-state index in [1.807, 2.05) is 0 Å². The zero-order valence-corrected chi connectivity index (χ0v) is 11.1. The maximum Gasteiger partial charge on any atom is 0.254 e. The van der Waals surface area contributed by atoms with Crippen LogP contribution < -0.4 is 9.47 Å². The molecule has 0 aliphatic carbocycles. The van der Waals surface area contributed by atoms with Crippen molar-refractivity contribution in [1.82, 2.24) is 4.90 Å². The average molecular weight is 269 g/mol. The number of aliphatic hydroxyl groups is 2. The quantitative estimate of drug-likeness (QED) is 0.735. The summed E-state index contributed by atoms with van der Waals surface area (Å²) in [6, 6.07) is 4.85. The Kier molecular flexibility index (Phi) is 6.11. The van der Waals surface area contributed by atoms with Crippen LogP contribution in [0.15, 0.2) is 18.2 Å². The van der Waals surface area contributed by atoms with Gasteiger partial charge in [0.2, 0.25) is 0 Å². The molecule has 0 atom stereocenters. The molecule has 6 heteroatoms. The van der Waals surface area contributed by atoms with Crippen LogP contribution in [0.4, 0.5) is 0 Å². The molecule has 0 saturated carbocycles. The summed E-state index contributed by atoms with van der Waals surface area (Å²) in [4.78, 5) is 13.6. The van der Waals surface area contributed by atoms with Gasteiger partial charge >= 0.3 is 0 Å². The van der Waals surface area contributed by atoms with Crippen LogP contribution in [0.5, 0.6) is 11.5 Å². The second-order valence-corrected chi connectivity index (χ2v) is 3.84. The molecule has 106 valence electrons. The van der Waals surface area contributed by atoms with Crippen LogP contribution >= 0.6 is 0 Å². The highest BCUT2D eigenvalue weighted by atomic mass is 16.5. The first kappa shape index (κ1) is 15.3. The summed E-state index contributed by atoms with van der Waals surface area (Å²) in [6.45, 7) is 0.0114. The number of carbonyl (C=O) groups excluding carboxylic acids is 1. The molecule has 0 radical (unpaired) electrons. The van der Waals surface area contributed by atoms with Gasteiger partial charge in [-0.3, -0.25) is 4.79 Å². The molecule has 0 bridgehead atoms. The Morgan fingerprint density at radius 3 is 1.89 bits per heavy atom. The summed E-state index contributed by atoms with van der Waals surface area (Å²) in [5.74, 6) is 0.728. The SMILES string of the molecule is COc1cc(OC)cc(C(=O)N(CCO)CCO)c1. The second kappa shape index (κ2) is 7.60. The first-order valence-electron chi connectivity index (χ1n) is 5.90. The number of methoxy groups -OCH3 is 2. The summed E-state index contributed by atoms with van der Waals surface area (Å²) in [6.07, 6.45) is 0. The molecule has 0 spiro atoms. The number of carbonyl (C=O) groups is 1. The van der Waals surface area contributed by atoms with Crippen molar-refractivity contribution in [1.29, 1.82) is 0 Å². The normalized spacial score (nSPS) is 10.1. The number of benzene rings is 1. The van der Waals surface area contributed by atoms with Gasteiger partial charge in [-0.25, -0.2) is 0 Å². The van der Waals surface area contributed by atoms with E-state index in [4.69, 9.17) is 19.7 Å². The molecule has 2 N–H and O–H groups in total. The van der Waals surface area contributed by atoms with Gasteiger partial charge in [0.05, 0.1) is 27.4 Å². The van der Waals surface area contributed by atoms with Gasteiger partial charge in [-0.15, -0.1) is 0 Å². The third kappa shape index (κ3) is 4.11. The van der Waals surface area contributed by atoms with Crippen LogP contribution in [0.3, 0.4) is 0 Å². The van der Waals surface area contributed by atoms with E-state index in [-0.39, 0.29) is 32.2 Å². The van der Waals surface area contributed by atoms with Crippen molar-refractivity contribution >= 4 is 5.91 Å². The molecule has 1 amide bonds. The van der Waals surface area contributed by atoms with E-state index in [0.29, 0.717) is 17.1 Å². The molecule has 0 aliphatic rings. The third-order valence-electron chi connectivity index (χ3n) is 2.63. The predicted molar refractivity (Wildman–Crippen MR) is 69.6 cm³/mol. The fourth-order valence-electron chi connectivity index (χ4n) is 1.67. The predicted octanol–water partition coefficient (Wildman–Crippen LogP) is 0.131. The maximum atomic E-state index is 12.3. The molecule has 0 aromatic heterocycles. The van der Waals surface area contributed by atoms with E-state index in [1.165, 1.54) is 19.1 Å². The first-order chi connectivity index (χ1) is 9.15. The molecule has 1 aromatic rings. The molecule has 6 nitrogen and oxygen atoms in total. The molecular formula is C13H19NO5. The van der Waals surface area contributed by atoms with Crippen molar-refractivity contribution in [3.05, 3.63) is 23.8 Å². The Hall–Kier alpha value is -1.79. The van der Waals surface area contributed by atoms with Crippen LogP contribution in [0.2, 0.25) is 0 Å². The Bertz CT molecular complexity index is 393. The number of hydrogen-bond donors (Lipinski definition) is 2. The van der Waals surface area contributed by atoms with E-state index < -0.39 is 0 Å². The molecule has 1 aromatic carbocycles. The summed E-state index contributed by atoms with van der Waals surface area (Å²) in [7, 11) is 3.00. The number of hydrogen-bond acceptors (Lipinski definition) is 5. The molecule has 0 saturated heterocycles. The number of aliphatic hydroxyl groups excluding tert-OH is 2. The molecule has 1 rings (SSSR count). The highest BCUT2D eigenvalue weighted by molar-refractivity contribution is 5.95. The van der Waals surface area contributed by atoms with E-state index in [9.17, 15) is 4.79 Å². The largest absolute Gasteiger partial charge is 0.497 e. The van der Waals surface area contributed by atoms with Gasteiger partial charge in [0, 0.05) is 24.7 Å². The Morgan fingerprint density at radius 2 is 1.53 bits per heavy atom. The van der Waals surface area contributed by atoms with Gasteiger partial charge in [0.1, 0.15) is 11.5 Å². The zero-order chi connectivity index (χ0) is 14.3. The molecule has 0 heterocycles. The van der Waals surface area contributed by atoms with Crippen molar-refractivity contribution in [3.63, 3.8) is 0 Å². The molecule has 0 fully saturated rings. The number of nitrogens with zero attached hydrogens (tertiary/aromatic N) is 1. The van der Waals surface area contributed by atoms with E-state index in [0.717, 1.165) is 0 Å². The first-order valence-corrected chi connectivity index (χ1v) is 5.90. The zero-order valence-electron chi connectivity index (χ0n) is 11.1. The molecule has 19 heavy (non-hydrogen) atoms. The van der Waals surface area contributed by atoms with Gasteiger partial charge in [-0.1, -0.05) is 0 Å². The number of ether oxygens (including phenoxy) is 2. The smallest absolute Gasteiger partial charge is 0.254 e. The van der Waals surface area contributed by atoms with Crippen LogP contribution in [0.1, 0.15) is 10.4 Å². The lowest BCUT2D eigenvalue weighted by molar-refractivity contribution is 0.0684. The van der Waals surface area contributed by atoms with Crippen molar-refractivity contribution in [2.24, 2.45) is 0 Å². The van der Waals surface area contributed by atoms with E-state index in [2.05, 4.69) is 0 Å². The fourth-order valence-corrected chi connectivity index (χ4v) is 1.67. The molecule has 0 unspecified atom stereocenters. The average Bonchev–Trinajstić information content (AvgIpc) is 2.45. The highest BCUT2D eigenvalue weighted by Crippen LogP contribution is 2.23. The molecule has 0 aliphatic heterocycles. The Morgan fingerprint density at radius 1 is 1.05 bits per heavy atom. The maximum absolute atomic E-state index is 12.3. The van der Waals surface area contributed by atoms with E-state index >= 15 is 0 Å². The van der Waals surface area contributed by atoms with Crippen molar-refractivity contribution in [2.75, 3.05) is 40.5 Å². The second-order valence-electron chi connectivity index (χ2n) is 3.84. The molecular weight excluding hydrogens is 250 g/mol. The van der Waals surface area contributed by atoms with Crippen LogP contribution in [0.25, 0.3) is 0 Å². The van der Waals surface area contributed by atoms with Crippen LogP contribution in [-0.4, -0.2) is 61.5 Å². The minimum Gasteiger partial charge on any atom is -0.497 e. The van der Waals surface area contributed by atoms with E-state index in [1.54, 1.807) is 18.2 Å². The Labute approximate surface area is 112 Å². The van der Waals surface area contributed by atoms with Crippen molar-refractivity contribution in [2.45, 2.75) is 0 Å². The lowest BCUT2D eigenvalue weighted by Crippen LogP contribution is -2.35. The third-order valence-corrected chi connectivity index (χ3v) is 2.63. The summed E-state index contributed by atoms with van der Waals surface area (Å²) < 4.78 is 10.2. The minimum absolute atomic E-state index is 0.160. The lowest BCUT2D eigenvalue weighted by atomic mass is 10.1. The van der Waals surface area contributed by atoms with Crippen molar-refractivity contribution in [3.8, 4) is 11.5 Å². The monoisotopic (exact) mass is 269 g/mol. The Balaban J connectivity index is 3.01. The topological polar surface area (TPSA) is 79.2 Å². The summed E-state index contributed by atoms with van der Waals surface area (Å²) in [5.41, 5.74) is 0.387. The van der Waals surface area contributed by atoms with Crippen molar-refractivity contribution < 1.29 is 24.5 Å². The fraction of sp³-hybridized carbons (Fsp3) is 0.462. The standard InChI is InChI=1S/C13H19NO5/c1-18-11-7-10(8-12(9-11)19-2)13(17)14(3-5-15)4-6-16/h7-9,15-16H,3-6H2,1-2H3. The van der Waals surface area contributed by atoms with Gasteiger partial charge in [0.15, 0.2) is 0 Å². The van der Waals surface area contributed by atoms with Gasteiger partial charge in [-0.2, -0.15) is 0 Å². The van der Waals surface area contributed by atoms with Gasteiger partial charge in [0.25, 0.3) is 5.91 Å².